The predicted molar refractivity (Wildman–Crippen MR) is 79.2 cm³/mol. The number of aromatic nitrogens is 1. The van der Waals surface area contributed by atoms with Crippen LogP contribution in [0.3, 0.4) is 0 Å². The summed E-state index contributed by atoms with van der Waals surface area (Å²) in [6.07, 6.45) is 4.32. The maximum absolute atomic E-state index is 12.6. The highest BCUT2D eigenvalue weighted by atomic mass is 32.2. The second kappa shape index (κ2) is 5.70. The molecule has 2 saturated heterocycles. The van der Waals surface area contributed by atoms with Gasteiger partial charge in [0.1, 0.15) is 17.2 Å². The molecule has 6 nitrogen and oxygen atoms in total. The fraction of sp³-hybridized carbons (Fsp3) is 0.786. The number of rotatable bonds is 3. The largest absolute Gasteiger partial charge is 0.361 e. The van der Waals surface area contributed by atoms with E-state index in [4.69, 9.17) is 4.52 Å². The van der Waals surface area contributed by atoms with Gasteiger partial charge in [0, 0.05) is 25.7 Å². The molecule has 1 unspecified atom stereocenters. The highest BCUT2D eigenvalue weighted by Crippen LogP contribution is 2.37. The number of hydrogen-bond donors (Lipinski definition) is 1. The number of nitrogens with one attached hydrogen (secondary N) is 1. The van der Waals surface area contributed by atoms with Crippen LogP contribution in [-0.2, 0) is 15.8 Å². The molecular formula is C14H23N3O3S. The van der Waals surface area contributed by atoms with Gasteiger partial charge in [-0.1, -0.05) is 5.16 Å². The van der Waals surface area contributed by atoms with Crippen molar-refractivity contribution in [3.05, 3.63) is 17.5 Å². The Morgan fingerprint density at radius 3 is 2.90 bits per heavy atom. The second-order valence-corrected chi connectivity index (χ2v) is 8.37. The molecule has 1 N–H and O–H groups in total. The molecule has 118 valence electrons. The molecule has 0 saturated carbocycles. The van der Waals surface area contributed by atoms with E-state index in [-0.39, 0.29) is 11.2 Å². The minimum Gasteiger partial charge on any atom is -0.361 e. The average Bonchev–Trinajstić information content (AvgIpc) is 2.84. The quantitative estimate of drug-likeness (QED) is 0.910. The van der Waals surface area contributed by atoms with Gasteiger partial charge >= 0.3 is 0 Å². The van der Waals surface area contributed by atoms with Crippen LogP contribution in [0, 0.1) is 12.3 Å². The summed E-state index contributed by atoms with van der Waals surface area (Å²) in [5, 5.41) is 7.23. The van der Waals surface area contributed by atoms with Crippen LogP contribution in [0.1, 0.15) is 37.1 Å². The van der Waals surface area contributed by atoms with Gasteiger partial charge < -0.3 is 9.84 Å². The van der Waals surface area contributed by atoms with Gasteiger partial charge in [-0.05, 0) is 44.6 Å². The fourth-order valence-electron chi connectivity index (χ4n) is 3.54. The highest BCUT2D eigenvalue weighted by molar-refractivity contribution is 7.88. The molecule has 1 spiro atoms. The van der Waals surface area contributed by atoms with Crippen LogP contribution in [0.25, 0.3) is 0 Å². The van der Waals surface area contributed by atoms with Crippen molar-refractivity contribution >= 4 is 10.0 Å². The summed E-state index contributed by atoms with van der Waals surface area (Å²) >= 11 is 0. The lowest BCUT2D eigenvalue weighted by molar-refractivity contribution is 0.110. The first-order valence-corrected chi connectivity index (χ1v) is 9.21. The van der Waals surface area contributed by atoms with Crippen LogP contribution >= 0.6 is 0 Å². The van der Waals surface area contributed by atoms with Gasteiger partial charge in [0.15, 0.2) is 0 Å². The first-order chi connectivity index (χ1) is 9.99. The normalized spacial score (nSPS) is 28.0. The van der Waals surface area contributed by atoms with E-state index in [0.717, 1.165) is 38.8 Å². The van der Waals surface area contributed by atoms with Crippen molar-refractivity contribution in [2.75, 3.05) is 26.2 Å². The zero-order valence-electron chi connectivity index (χ0n) is 12.5. The third-order valence-electron chi connectivity index (χ3n) is 4.59. The van der Waals surface area contributed by atoms with E-state index in [1.165, 1.54) is 0 Å². The number of aryl methyl sites for hydroxylation is 1. The van der Waals surface area contributed by atoms with Crippen molar-refractivity contribution in [3.8, 4) is 0 Å². The Morgan fingerprint density at radius 2 is 2.24 bits per heavy atom. The molecule has 0 bridgehead atoms. The Labute approximate surface area is 125 Å². The minimum atomic E-state index is -3.32. The van der Waals surface area contributed by atoms with Crippen LogP contribution in [0.2, 0.25) is 0 Å². The smallest absolute Gasteiger partial charge is 0.219 e. The zero-order chi connectivity index (χ0) is 14.9. The molecule has 2 aliphatic rings. The lowest BCUT2D eigenvalue weighted by Gasteiger charge is -2.44. The van der Waals surface area contributed by atoms with E-state index in [2.05, 4.69) is 10.5 Å². The lowest BCUT2D eigenvalue weighted by atomic mass is 9.75. The SMILES string of the molecule is Cc1cc(CS(=O)(=O)N2CCCC3(CCCNC3)C2)no1. The van der Waals surface area contributed by atoms with Crippen LogP contribution in [0.15, 0.2) is 10.6 Å². The monoisotopic (exact) mass is 313 g/mol. The molecule has 7 heteroatoms. The molecule has 3 heterocycles. The molecule has 1 aromatic heterocycles. The maximum Gasteiger partial charge on any atom is 0.219 e. The van der Waals surface area contributed by atoms with Crippen LogP contribution < -0.4 is 5.32 Å². The summed E-state index contributed by atoms with van der Waals surface area (Å²) in [7, 11) is -3.32. The molecule has 21 heavy (non-hydrogen) atoms. The summed E-state index contributed by atoms with van der Waals surface area (Å²) in [6.45, 7) is 5.02. The summed E-state index contributed by atoms with van der Waals surface area (Å²) in [5.41, 5.74) is 0.623. The molecule has 0 radical (unpaired) electrons. The van der Waals surface area contributed by atoms with E-state index in [0.29, 0.717) is 24.5 Å². The second-order valence-electron chi connectivity index (χ2n) is 6.40. The van der Waals surface area contributed by atoms with Crippen molar-refractivity contribution in [1.82, 2.24) is 14.8 Å². The molecule has 1 aromatic rings. The topological polar surface area (TPSA) is 75.4 Å². The van der Waals surface area contributed by atoms with Crippen LogP contribution in [0.4, 0.5) is 0 Å². The summed E-state index contributed by atoms with van der Waals surface area (Å²) in [5.74, 6) is 0.584. The highest BCUT2D eigenvalue weighted by Gasteiger charge is 2.40. The zero-order valence-corrected chi connectivity index (χ0v) is 13.3. The molecular weight excluding hydrogens is 290 g/mol. The van der Waals surface area contributed by atoms with E-state index in [1.807, 2.05) is 0 Å². The molecule has 0 amide bonds. The third kappa shape index (κ3) is 3.30. The van der Waals surface area contributed by atoms with Crippen LogP contribution in [-0.4, -0.2) is 44.1 Å². The molecule has 2 fully saturated rings. The predicted octanol–water partition coefficient (Wildman–Crippen LogP) is 1.28. The van der Waals surface area contributed by atoms with E-state index >= 15 is 0 Å². The Hall–Kier alpha value is -0.920. The molecule has 2 aliphatic heterocycles. The molecule has 3 rings (SSSR count). The van der Waals surface area contributed by atoms with Gasteiger partial charge in [0.05, 0.1) is 0 Å². The van der Waals surface area contributed by atoms with E-state index in [1.54, 1.807) is 17.3 Å². The summed E-state index contributed by atoms with van der Waals surface area (Å²) in [6, 6.07) is 1.69. The van der Waals surface area contributed by atoms with Gasteiger partial charge in [-0.25, -0.2) is 12.7 Å². The summed E-state index contributed by atoms with van der Waals surface area (Å²) < 4.78 is 31.9. The number of hydrogen-bond acceptors (Lipinski definition) is 5. The Morgan fingerprint density at radius 1 is 1.43 bits per heavy atom. The summed E-state index contributed by atoms with van der Waals surface area (Å²) in [4.78, 5) is 0. The lowest BCUT2D eigenvalue weighted by Crippen LogP contribution is -2.52. The van der Waals surface area contributed by atoms with Crippen molar-refractivity contribution in [1.29, 1.82) is 0 Å². The molecule has 0 aliphatic carbocycles. The number of sulfonamides is 1. The van der Waals surface area contributed by atoms with Crippen molar-refractivity contribution in [2.45, 2.75) is 38.4 Å². The first-order valence-electron chi connectivity index (χ1n) is 7.60. The Kier molecular flexibility index (Phi) is 4.07. The minimum absolute atomic E-state index is 0.0617. The van der Waals surface area contributed by atoms with Gasteiger partial charge in [-0.2, -0.15) is 0 Å². The van der Waals surface area contributed by atoms with E-state index in [9.17, 15) is 8.42 Å². The Bertz CT molecular complexity index is 585. The molecule has 0 aromatic carbocycles. The van der Waals surface area contributed by atoms with Crippen molar-refractivity contribution < 1.29 is 12.9 Å². The van der Waals surface area contributed by atoms with Crippen molar-refractivity contribution in [2.24, 2.45) is 5.41 Å². The molecule has 1 atom stereocenters. The third-order valence-corrected chi connectivity index (χ3v) is 6.35. The van der Waals surface area contributed by atoms with Gasteiger partial charge in [-0.15, -0.1) is 0 Å². The number of nitrogens with zero attached hydrogens (tertiary/aromatic N) is 2. The van der Waals surface area contributed by atoms with Gasteiger partial charge in [-0.3, -0.25) is 0 Å². The fourth-order valence-corrected chi connectivity index (χ4v) is 5.11. The maximum atomic E-state index is 12.6. The average molecular weight is 313 g/mol. The number of piperidine rings is 2. The van der Waals surface area contributed by atoms with Gasteiger partial charge in [0.25, 0.3) is 0 Å². The van der Waals surface area contributed by atoms with Crippen molar-refractivity contribution in [3.63, 3.8) is 0 Å². The van der Waals surface area contributed by atoms with Crippen LogP contribution in [0.5, 0.6) is 0 Å². The van der Waals surface area contributed by atoms with E-state index < -0.39 is 10.0 Å². The standard InChI is InChI=1S/C14H23N3O3S/c1-12-8-13(16-20-12)9-21(18,19)17-7-3-5-14(11-17)4-2-6-15-10-14/h8,15H,2-7,9-11H2,1H3. The first kappa shape index (κ1) is 15.0. The van der Waals surface area contributed by atoms with Gasteiger partial charge in [0.2, 0.25) is 10.0 Å². The Balaban J connectivity index is 1.72.